The van der Waals surface area contributed by atoms with Gasteiger partial charge >= 0.3 is 0 Å². The van der Waals surface area contributed by atoms with Crippen LogP contribution in [0.2, 0.25) is 5.02 Å². The normalized spacial score (nSPS) is 10.9. The van der Waals surface area contributed by atoms with Gasteiger partial charge in [0.15, 0.2) is 0 Å². The van der Waals surface area contributed by atoms with Crippen molar-refractivity contribution in [3.63, 3.8) is 0 Å². The van der Waals surface area contributed by atoms with Gasteiger partial charge in [0.05, 0.1) is 0 Å². The summed E-state index contributed by atoms with van der Waals surface area (Å²) in [4.78, 5) is 0. The van der Waals surface area contributed by atoms with Crippen LogP contribution < -0.4 is 0 Å². The van der Waals surface area contributed by atoms with Gasteiger partial charge in [-0.1, -0.05) is 60.1 Å². The Morgan fingerprint density at radius 2 is 1.33 bits per heavy atom. The molecule has 0 nitrogen and oxygen atoms in total. The van der Waals surface area contributed by atoms with Gasteiger partial charge in [0.25, 0.3) is 0 Å². The first-order valence-electron chi connectivity index (χ1n) is 5.84. The Kier molecular flexibility index (Phi) is 3.23. The molecular weight excluding hydrogens is 259 g/mol. The van der Waals surface area contributed by atoms with Crippen LogP contribution in [-0.4, -0.2) is 0 Å². The second-order valence-corrected chi connectivity index (χ2v) is 5.87. The highest BCUT2D eigenvalue weighted by molar-refractivity contribution is 7.37. The van der Waals surface area contributed by atoms with E-state index in [1.807, 2.05) is 24.3 Å². The van der Waals surface area contributed by atoms with E-state index in [1.54, 1.807) is 0 Å². The standard InChI is InChI=1S/C16H12ClP/c17-14-9-5-4-8-13(14)16-11-10-15(18-16)12-6-2-1-3-7-12/h1-11,18H. The molecule has 0 amide bonds. The summed E-state index contributed by atoms with van der Waals surface area (Å²) in [5, 5.41) is 3.53. The summed E-state index contributed by atoms with van der Waals surface area (Å²) in [6.07, 6.45) is 0. The highest BCUT2D eigenvalue weighted by Gasteiger charge is 2.05. The Labute approximate surface area is 113 Å². The summed E-state index contributed by atoms with van der Waals surface area (Å²) in [6, 6.07) is 22.9. The van der Waals surface area contributed by atoms with Crippen molar-refractivity contribution in [3.05, 3.63) is 71.8 Å². The third-order valence-electron chi connectivity index (χ3n) is 2.93. The lowest BCUT2D eigenvalue weighted by atomic mass is 10.1. The maximum absolute atomic E-state index is 6.24. The van der Waals surface area contributed by atoms with Crippen LogP contribution in [0.5, 0.6) is 0 Å². The molecule has 0 radical (unpaired) electrons. The van der Waals surface area contributed by atoms with Crippen molar-refractivity contribution >= 4 is 19.8 Å². The molecule has 0 saturated carbocycles. The third-order valence-corrected chi connectivity index (χ3v) is 4.69. The summed E-state index contributed by atoms with van der Waals surface area (Å²) in [7, 11) is 0.680. The van der Waals surface area contributed by atoms with Crippen LogP contribution >= 0.6 is 19.8 Å². The van der Waals surface area contributed by atoms with E-state index >= 15 is 0 Å². The van der Waals surface area contributed by atoms with Crippen LogP contribution in [0.1, 0.15) is 0 Å². The van der Waals surface area contributed by atoms with Gasteiger partial charge in [-0.25, -0.2) is 0 Å². The molecule has 2 aromatic carbocycles. The highest BCUT2D eigenvalue weighted by atomic mass is 35.5. The molecule has 1 atom stereocenters. The molecule has 1 aromatic heterocycles. The minimum Gasteiger partial charge on any atom is -0.123 e. The van der Waals surface area contributed by atoms with Crippen molar-refractivity contribution in [2.75, 3.05) is 0 Å². The zero-order valence-corrected chi connectivity index (χ0v) is 11.5. The van der Waals surface area contributed by atoms with Crippen LogP contribution in [0.3, 0.4) is 0 Å². The Morgan fingerprint density at radius 3 is 2.11 bits per heavy atom. The van der Waals surface area contributed by atoms with E-state index in [9.17, 15) is 0 Å². The zero-order chi connectivity index (χ0) is 12.4. The second-order valence-electron chi connectivity index (χ2n) is 4.13. The van der Waals surface area contributed by atoms with Gasteiger partial charge in [-0.15, -0.1) is 8.19 Å². The molecule has 2 heteroatoms. The molecule has 88 valence electrons. The Hall–Kier alpha value is -1.49. The molecule has 0 spiro atoms. The first-order valence-corrected chi connectivity index (χ1v) is 7.22. The van der Waals surface area contributed by atoms with Gasteiger partial charge in [0, 0.05) is 15.9 Å². The van der Waals surface area contributed by atoms with Gasteiger partial charge in [-0.2, -0.15) is 0 Å². The SMILES string of the molecule is Clc1ccccc1-c1ccc(-c2ccccc2)[pH]1. The lowest BCUT2D eigenvalue weighted by Crippen LogP contribution is -1.71. The number of hydrogen-bond acceptors (Lipinski definition) is 0. The summed E-state index contributed by atoms with van der Waals surface area (Å²) in [5.41, 5.74) is 2.45. The average Bonchev–Trinajstić information content (AvgIpc) is 2.90. The fourth-order valence-corrected chi connectivity index (χ4v) is 3.62. The minimum absolute atomic E-state index is 0.680. The van der Waals surface area contributed by atoms with Crippen molar-refractivity contribution in [3.8, 4) is 21.7 Å². The van der Waals surface area contributed by atoms with Gasteiger partial charge in [-0.05, 0) is 29.1 Å². The molecular formula is C16H12ClP. The second kappa shape index (κ2) is 5.02. The monoisotopic (exact) mass is 270 g/mol. The van der Waals surface area contributed by atoms with Crippen LogP contribution in [0.15, 0.2) is 66.7 Å². The van der Waals surface area contributed by atoms with Crippen molar-refractivity contribution in [2.24, 2.45) is 0 Å². The largest absolute Gasteiger partial charge is 0.123 e. The van der Waals surface area contributed by atoms with E-state index in [2.05, 4.69) is 42.5 Å². The number of hydrogen-bond donors (Lipinski definition) is 0. The predicted molar refractivity (Wildman–Crippen MR) is 81.8 cm³/mol. The first kappa shape index (κ1) is 11.6. The van der Waals surface area contributed by atoms with Gasteiger partial charge in [0.1, 0.15) is 0 Å². The molecule has 0 aliphatic carbocycles. The van der Waals surface area contributed by atoms with E-state index in [1.165, 1.54) is 16.2 Å². The van der Waals surface area contributed by atoms with Crippen LogP contribution in [0, 0.1) is 0 Å². The predicted octanol–water partition coefficient (Wildman–Crippen LogP) is 5.71. The van der Waals surface area contributed by atoms with Crippen molar-refractivity contribution < 1.29 is 0 Å². The number of benzene rings is 2. The minimum atomic E-state index is 0.680. The van der Waals surface area contributed by atoms with Crippen LogP contribution in [0.25, 0.3) is 21.7 Å². The molecule has 0 aliphatic rings. The molecule has 0 aliphatic heterocycles. The Balaban J connectivity index is 2.03. The molecule has 0 bridgehead atoms. The average molecular weight is 271 g/mol. The molecule has 18 heavy (non-hydrogen) atoms. The van der Waals surface area contributed by atoms with E-state index in [-0.39, 0.29) is 0 Å². The van der Waals surface area contributed by atoms with E-state index in [0.29, 0.717) is 8.19 Å². The summed E-state index contributed by atoms with van der Waals surface area (Å²) in [5.74, 6) is 0. The van der Waals surface area contributed by atoms with Gasteiger partial charge in [0.2, 0.25) is 0 Å². The molecule has 3 rings (SSSR count). The Morgan fingerprint density at radius 1 is 0.667 bits per heavy atom. The Bertz CT molecular complexity index is 656. The van der Waals surface area contributed by atoms with Crippen molar-refractivity contribution in [2.45, 2.75) is 0 Å². The third kappa shape index (κ3) is 2.22. The highest BCUT2D eigenvalue weighted by Crippen LogP contribution is 2.40. The van der Waals surface area contributed by atoms with E-state index in [4.69, 9.17) is 11.6 Å². The smallest absolute Gasteiger partial charge is 0.0487 e. The summed E-state index contributed by atoms with van der Waals surface area (Å²) in [6.45, 7) is 0. The number of halogens is 1. The molecule has 0 N–H and O–H groups in total. The quantitative estimate of drug-likeness (QED) is 0.560. The van der Waals surface area contributed by atoms with Crippen molar-refractivity contribution in [1.29, 1.82) is 0 Å². The van der Waals surface area contributed by atoms with Crippen LogP contribution in [-0.2, 0) is 0 Å². The summed E-state index contributed by atoms with van der Waals surface area (Å²) >= 11 is 6.24. The van der Waals surface area contributed by atoms with Crippen LogP contribution in [0.4, 0.5) is 0 Å². The topological polar surface area (TPSA) is 0 Å². The first-order chi connectivity index (χ1) is 8.84. The van der Waals surface area contributed by atoms with Gasteiger partial charge in [-0.3, -0.25) is 0 Å². The van der Waals surface area contributed by atoms with E-state index in [0.717, 1.165) is 10.6 Å². The summed E-state index contributed by atoms with van der Waals surface area (Å²) < 4.78 is 0. The lowest BCUT2D eigenvalue weighted by Gasteiger charge is -2.00. The van der Waals surface area contributed by atoms with Gasteiger partial charge < -0.3 is 0 Å². The lowest BCUT2D eigenvalue weighted by molar-refractivity contribution is 1.69. The molecule has 0 saturated heterocycles. The maximum atomic E-state index is 6.24. The zero-order valence-electron chi connectivity index (χ0n) is 9.73. The number of rotatable bonds is 2. The fraction of sp³-hybridized carbons (Fsp3) is 0. The fourth-order valence-electron chi connectivity index (χ4n) is 2.02. The molecule has 3 aromatic rings. The maximum Gasteiger partial charge on any atom is 0.0487 e. The van der Waals surface area contributed by atoms with Crippen molar-refractivity contribution in [1.82, 2.24) is 0 Å². The molecule has 0 fully saturated rings. The molecule has 1 unspecified atom stereocenters. The van der Waals surface area contributed by atoms with E-state index < -0.39 is 0 Å². The molecule has 1 heterocycles.